The van der Waals surface area contributed by atoms with Crippen molar-refractivity contribution in [2.45, 2.75) is 45.1 Å². The Morgan fingerprint density at radius 1 is 1.55 bits per heavy atom. The first-order valence-electron chi connectivity index (χ1n) is 7.58. The topological polar surface area (TPSA) is 42.4 Å². The van der Waals surface area contributed by atoms with Crippen LogP contribution in [0.5, 0.6) is 0 Å². The lowest BCUT2D eigenvalue weighted by atomic mass is 9.79. The Kier molecular flexibility index (Phi) is 4.36. The third-order valence-electron chi connectivity index (χ3n) is 4.44. The monoisotopic (exact) mass is 294 g/mol. The molecule has 3 rings (SSSR count). The van der Waals surface area contributed by atoms with E-state index >= 15 is 0 Å². The molecule has 0 radical (unpaired) electrons. The molecule has 0 spiro atoms. The molecule has 0 aromatic carbocycles. The number of thiazole rings is 1. The maximum absolute atomic E-state index is 12.6. The predicted octanol–water partition coefficient (Wildman–Crippen LogP) is 2.28. The van der Waals surface area contributed by atoms with Crippen molar-refractivity contribution < 1.29 is 9.53 Å². The smallest absolute Gasteiger partial charge is 0.229 e. The molecule has 1 atom stereocenters. The molecule has 0 N–H and O–H groups in total. The summed E-state index contributed by atoms with van der Waals surface area (Å²) >= 11 is 1.61. The Morgan fingerprint density at radius 2 is 2.40 bits per heavy atom. The number of ether oxygens (including phenoxy) is 1. The van der Waals surface area contributed by atoms with Gasteiger partial charge in [0, 0.05) is 11.9 Å². The zero-order chi connectivity index (χ0) is 13.9. The van der Waals surface area contributed by atoms with Crippen LogP contribution in [0.15, 0.2) is 5.38 Å². The molecule has 1 amide bonds. The number of morpholine rings is 1. The maximum Gasteiger partial charge on any atom is 0.229 e. The summed E-state index contributed by atoms with van der Waals surface area (Å²) in [5.74, 6) is 0.879. The summed E-state index contributed by atoms with van der Waals surface area (Å²) in [5, 5.41) is 3.01. The minimum Gasteiger partial charge on any atom is -0.377 e. The first-order chi connectivity index (χ1) is 9.78. The van der Waals surface area contributed by atoms with Gasteiger partial charge in [-0.25, -0.2) is 4.98 Å². The van der Waals surface area contributed by atoms with Crippen LogP contribution in [0, 0.1) is 5.92 Å². The lowest BCUT2D eigenvalue weighted by Gasteiger charge is -2.43. The lowest BCUT2D eigenvalue weighted by Crippen LogP contribution is -2.53. The van der Waals surface area contributed by atoms with Crippen LogP contribution in [-0.2, 0) is 22.4 Å². The van der Waals surface area contributed by atoms with Crippen LogP contribution in [0.4, 0.5) is 0 Å². The average Bonchev–Trinajstić information content (AvgIpc) is 2.85. The SMILES string of the molecule is CCc1csc(CC(=O)N2CCOCC2C2CCC2)n1. The third kappa shape index (κ3) is 2.88. The highest BCUT2D eigenvalue weighted by molar-refractivity contribution is 7.09. The average molecular weight is 294 g/mol. The highest BCUT2D eigenvalue weighted by Gasteiger charge is 2.36. The van der Waals surface area contributed by atoms with Crippen molar-refractivity contribution in [1.82, 2.24) is 9.88 Å². The van der Waals surface area contributed by atoms with Gasteiger partial charge in [-0.2, -0.15) is 0 Å². The Balaban J connectivity index is 1.64. The molecule has 1 aromatic rings. The van der Waals surface area contributed by atoms with Crippen molar-refractivity contribution >= 4 is 17.2 Å². The second-order valence-corrected chi connectivity index (χ2v) is 6.63. The number of aromatic nitrogens is 1. The second-order valence-electron chi connectivity index (χ2n) is 5.68. The van der Waals surface area contributed by atoms with Crippen LogP contribution < -0.4 is 0 Å². The third-order valence-corrected chi connectivity index (χ3v) is 5.34. The van der Waals surface area contributed by atoms with Crippen LogP contribution >= 0.6 is 11.3 Å². The molecular formula is C15H22N2O2S. The summed E-state index contributed by atoms with van der Waals surface area (Å²) in [6.07, 6.45) is 5.18. The van der Waals surface area contributed by atoms with E-state index in [0.29, 0.717) is 31.6 Å². The van der Waals surface area contributed by atoms with Crippen LogP contribution in [0.3, 0.4) is 0 Å². The summed E-state index contributed by atoms with van der Waals surface area (Å²) in [6, 6.07) is 0.301. The van der Waals surface area contributed by atoms with Crippen LogP contribution in [0.25, 0.3) is 0 Å². The van der Waals surface area contributed by atoms with Crippen molar-refractivity contribution in [3.8, 4) is 0 Å². The van der Waals surface area contributed by atoms with Gasteiger partial charge in [0.05, 0.1) is 31.4 Å². The van der Waals surface area contributed by atoms with Crippen LogP contribution in [0.2, 0.25) is 0 Å². The van der Waals surface area contributed by atoms with E-state index in [0.717, 1.165) is 23.7 Å². The number of rotatable bonds is 4. The predicted molar refractivity (Wildman–Crippen MR) is 78.9 cm³/mol. The van der Waals surface area contributed by atoms with Crippen LogP contribution in [0.1, 0.15) is 36.9 Å². The zero-order valence-corrected chi connectivity index (χ0v) is 12.8. The molecule has 1 aromatic heterocycles. The van der Waals surface area contributed by atoms with E-state index in [1.165, 1.54) is 19.3 Å². The Hall–Kier alpha value is -0.940. The van der Waals surface area contributed by atoms with Gasteiger partial charge < -0.3 is 9.64 Å². The van der Waals surface area contributed by atoms with Gasteiger partial charge >= 0.3 is 0 Å². The lowest BCUT2D eigenvalue weighted by molar-refractivity contribution is -0.143. The summed E-state index contributed by atoms with van der Waals surface area (Å²) in [7, 11) is 0. The first kappa shape index (κ1) is 14.0. The maximum atomic E-state index is 12.6. The first-order valence-corrected chi connectivity index (χ1v) is 8.46. The fourth-order valence-corrected chi connectivity index (χ4v) is 3.84. The second kappa shape index (κ2) is 6.22. The van der Waals surface area contributed by atoms with Gasteiger partial charge in [-0.3, -0.25) is 4.79 Å². The van der Waals surface area contributed by atoms with E-state index in [1.807, 2.05) is 0 Å². The molecule has 20 heavy (non-hydrogen) atoms. The van der Waals surface area contributed by atoms with Crippen molar-refractivity contribution in [2.75, 3.05) is 19.8 Å². The van der Waals surface area contributed by atoms with Crippen molar-refractivity contribution in [2.24, 2.45) is 5.92 Å². The fourth-order valence-electron chi connectivity index (χ4n) is 2.97. The van der Waals surface area contributed by atoms with Crippen molar-refractivity contribution in [3.63, 3.8) is 0 Å². The molecule has 2 fully saturated rings. The largest absolute Gasteiger partial charge is 0.377 e. The standard InChI is InChI=1S/C15H22N2O2S/c1-2-12-10-20-14(16-12)8-15(18)17-6-7-19-9-13(17)11-4-3-5-11/h10-11,13H,2-9H2,1H3. The molecular weight excluding hydrogens is 272 g/mol. The minimum atomic E-state index is 0.224. The van der Waals surface area contributed by atoms with E-state index in [1.54, 1.807) is 11.3 Å². The summed E-state index contributed by atoms with van der Waals surface area (Å²) in [6.45, 7) is 4.22. The van der Waals surface area contributed by atoms with Gasteiger partial charge in [-0.15, -0.1) is 11.3 Å². The number of nitrogens with zero attached hydrogens (tertiary/aromatic N) is 2. The number of amides is 1. The molecule has 1 saturated carbocycles. The number of carbonyl (C=O) groups is 1. The quantitative estimate of drug-likeness (QED) is 0.855. The van der Waals surface area contributed by atoms with Gasteiger partial charge in [0.2, 0.25) is 5.91 Å². The number of aryl methyl sites for hydroxylation is 1. The van der Waals surface area contributed by atoms with Crippen LogP contribution in [-0.4, -0.2) is 41.6 Å². The Bertz CT molecular complexity index is 470. The zero-order valence-electron chi connectivity index (χ0n) is 12.0. The molecule has 110 valence electrons. The van der Waals surface area contributed by atoms with Gasteiger partial charge in [-0.1, -0.05) is 13.3 Å². The molecule has 1 aliphatic heterocycles. The number of hydrogen-bond acceptors (Lipinski definition) is 4. The van der Waals surface area contributed by atoms with E-state index in [2.05, 4.69) is 22.2 Å². The van der Waals surface area contributed by atoms with Crippen molar-refractivity contribution in [1.29, 1.82) is 0 Å². The van der Waals surface area contributed by atoms with E-state index in [-0.39, 0.29) is 5.91 Å². The number of carbonyl (C=O) groups excluding carboxylic acids is 1. The van der Waals surface area contributed by atoms with E-state index < -0.39 is 0 Å². The molecule has 2 heterocycles. The summed E-state index contributed by atoms with van der Waals surface area (Å²) < 4.78 is 5.58. The molecule has 0 bridgehead atoms. The molecule has 4 nitrogen and oxygen atoms in total. The summed E-state index contributed by atoms with van der Waals surface area (Å²) in [5.41, 5.74) is 1.09. The normalized spacial score (nSPS) is 23.6. The molecule has 5 heteroatoms. The van der Waals surface area contributed by atoms with Gasteiger partial charge in [0.15, 0.2) is 0 Å². The molecule has 2 aliphatic rings. The minimum absolute atomic E-state index is 0.224. The number of hydrogen-bond donors (Lipinski definition) is 0. The molecule has 1 aliphatic carbocycles. The van der Waals surface area contributed by atoms with Gasteiger partial charge in [0.1, 0.15) is 5.01 Å². The van der Waals surface area contributed by atoms with Crippen molar-refractivity contribution in [3.05, 3.63) is 16.1 Å². The Labute approximate surface area is 124 Å². The fraction of sp³-hybridized carbons (Fsp3) is 0.733. The van der Waals surface area contributed by atoms with Gasteiger partial charge in [-0.05, 0) is 25.2 Å². The molecule has 1 saturated heterocycles. The highest BCUT2D eigenvalue weighted by atomic mass is 32.1. The summed E-state index contributed by atoms with van der Waals surface area (Å²) in [4.78, 5) is 19.1. The van der Waals surface area contributed by atoms with E-state index in [4.69, 9.17) is 4.74 Å². The van der Waals surface area contributed by atoms with Gasteiger partial charge in [0.25, 0.3) is 0 Å². The van der Waals surface area contributed by atoms with E-state index in [9.17, 15) is 4.79 Å². The molecule has 1 unspecified atom stereocenters. The highest BCUT2D eigenvalue weighted by Crippen LogP contribution is 2.33. The Morgan fingerprint density at radius 3 is 3.05 bits per heavy atom.